The molecule has 1 heterocycles. The summed E-state index contributed by atoms with van der Waals surface area (Å²) in [6, 6.07) is 5.72. The maximum atomic E-state index is 6.15. The molecule has 0 amide bonds. The van der Waals surface area contributed by atoms with Gasteiger partial charge in [0.25, 0.3) is 0 Å². The molecule has 2 N–H and O–H groups in total. The van der Waals surface area contributed by atoms with Crippen LogP contribution in [0.1, 0.15) is 17.0 Å². The number of hydrogen-bond acceptors (Lipinski definition) is 2. The predicted molar refractivity (Wildman–Crippen MR) is 73.6 cm³/mol. The van der Waals surface area contributed by atoms with Crippen molar-refractivity contribution in [1.29, 1.82) is 0 Å². The maximum absolute atomic E-state index is 6.15. The van der Waals surface area contributed by atoms with Crippen LogP contribution in [0.4, 0.5) is 0 Å². The topological polar surface area (TPSA) is 43.8 Å². The third-order valence-corrected chi connectivity index (χ3v) is 4.23. The molecule has 90 valence electrons. The number of nitrogens with two attached hydrogens (primary N) is 1. The molecule has 0 aliphatic heterocycles. The van der Waals surface area contributed by atoms with E-state index < -0.39 is 0 Å². The van der Waals surface area contributed by atoms with E-state index in [2.05, 4.69) is 21.0 Å². The fourth-order valence-electron chi connectivity index (χ4n) is 1.81. The highest BCUT2D eigenvalue weighted by molar-refractivity contribution is 9.10. The van der Waals surface area contributed by atoms with Gasteiger partial charge >= 0.3 is 0 Å². The van der Waals surface area contributed by atoms with Gasteiger partial charge in [0, 0.05) is 17.1 Å². The number of benzene rings is 1. The molecule has 1 aromatic heterocycles. The van der Waals surface area contributed by atoms with Crippen LogP contribution in [-0.2, 0) is 6.54 Å². The Labute approximate surface area is 114 Å². The average Bonchev–Trinajstić information content (AvgIpc) is 2.56. The van der Waals surface area contributed by atoms with Crippen LogP contribution < -0.4 is 5.73 Å². The number of halogens is 2. The van der Waals surface area contributed by atoms with Crippen LogP contribution in [-0.4, -0.2) is 9.78 Å². The number of aromatic nitrogens is 2. The van der Waals surface area contributed by atoms with E-state index in [1.54, 1.807) is 0 Å². The molecule has 0 saturated carbocycles. The first-order valence-corrected chi connectivity index (χ1v) is 6.43. The van der Waals surface area contributed by atoms with Gasteiger partial charge in [0.1, 0.15) is 0 Å². The molecule has 0 unspecified atom stereocenters. The fourth-order valence-corrected chi connectivity index (χ4v) is 2.30. The van der Waals surface area contributed by atoms with Gasteiger partial charge < -0.3 is 5.73 Å². The van der Waals surface area contributed by atoms with Gasteiger partial charge in [-0.2, -0.15) is 5.10 Å². The first-order valence-electron chi connectivity index (χ1n) is 5.25. The lowest BCUT2D eigenvalue weighted by atomic mass is 10.1. The van der Waals surface area contributed by atoms with E-state index in [0.29, 0.717) is 11.6 Å². The van der Waals surface area contributed by atoms with E-state index >= 15 is 0 Å². The number of rotatable bonds is 2. The minimum Gasteiger partial charge on any atom is -0.326 e. The van der Waals surface area contributed by atoms with E-state index in [0.717, 1.165) is 27.1 Å². The quantitative estimate of drug-likeness (QED) is 0.923. The first-order chi connectivity index (χ1) is 8.06. The second-order valence-corrected chi connectivity index (χ2v) is 5.04. The Morgan fingerprint density at radius 3 is 2.65 bits per heavy atom. The van der Waals surface area contributed by atoms with Gasteiger partial charge in [0.15, 0.2) is 0 Å². The zero-order valence-corrected chi connectivity index (χ0v) is 12.0. The van der Waals surface area contributed by atoms with Crippen molar-refractivity contribution in [2.75, 3.05) is 0 Å². The predicted octanol–water partition coefficient (Wildman–Crippen LogP) is 3.36. The zero-order valence-electron chi connectivity index (χ0n) is 9.67. The van der Waals surface area contributed by atoms with E-state index in [1.807, 2.05) is 36.7 Å². The second kappa shape index (κ2) is 4.80. The highest BCUT2D eigenvalue weighted by Gasteiger charge is 2.14. The monoisotopic (exact) mass is 313 g/mol. The Morgan fingerprint density at radius 1 is 1.41 bits per heavy atom. The average molecular weight is 315 g/mol. The van der Waals surface area contributed by atoms with Crippen molar-refractivity contribution >= 4 is 27.5 Å². The highest BCUT2D eigenvalue weighted by atomic mass is 79.9. The molecule has 0 radical (unpaired) electrons. The van der Waals surface area contributed by atoms with Crippen LogP contribution in [0, 0.1) is 13.8 Å². The summed E-state index contributed by atoms with van der Waals surface area (Å²) in [5.74, 6) is 0. The molecule has 0 aliphatic carbocycles. The fraction of sp³-hybridized carbons (Fsp3) is 0.250. The Balaban J connectivity index is 2.68. The second-order valence-electron chi connectivity index (χ2n) is 3.84. The summed E-state index contributed by atoms with van der Waals surface area (Å²) < 4.78 is 2.88. The Bertz CT molecular complexity index is 563. The molecule has 1 aromatic carbocycles. The largest absolute Gasteiger partial charge is 0.326 e. The van der Waals surface area contributed by atoms with E-state index in [4.69, 9.17) is 17.3 Å². The van der Waals surface area contributed by atoms with Crippen molar-refractivity contribution in [3.63, 3.8) is 0 Å². The van der Waals surface area contributed by atoms with E-state index in [-0.39, 0.29) is 0 Å². The minimum absolute atomic E-state index is 0.394. The molecule has 0 bridgehead atoms. The number of aryl methyl sites for hydroxylation is 1. The number of nitrogens with zero attached hydrogens (tertiary/aromatic N) is 2. The summed E-state index contributed by atoms with van der Waals surface area (Å²) in [5, 5.41) is 5.16. The molecule has 0 aliphatic rings. The summed E-state index contributed by atoms with van der Waals surface area (Å²) in [7, 11) is 0. The van der Waals surface area contributed by atoms with Gasteiger partial charge in [-0.1, -0.05) is 17.7 Å². The van der Waals surface area contributed by atoms with E-state index in [1.165, 1.54) is 0 Å². The van der Waals surface area contributed by atoms with Crippen LogP contribution in [0.2, 0.25) is 5.02 Å². The summed E-state index contributed by atoms with van der Waals surface area (Å²) in [5.41, 5.74) is 9.58. The van der Waals surface area contributed by atoms with E-state index in [9.17, 15) is 0 Å². The number of hydrogen-bond donors (Lipinski definition) is 1. The van der Waals surface area contributed by atoms with Crippen molar-refractivity contribution < 1.29 is 0 Å². The lowest BCUT2D eigenvalue weighted by Crippen LogP contribution is -2.07. The van der Waals surface area contributed by atoms with Gasteiger partial charge in [-0.3, -0.25) is 0 Å². The standard InChI is InChI=1S/C12H13BrClN3/c1-7-12(13)8(2)17(16-7)11-5-3-4-10(14)9(11)6-15/h3-5H,6,15H2,1-2H3. The van der Waals surface area contributed by atoms with Gasteiger partial charge in [-0.05, 0) is 41.9 Å². The van der Waals surface area contributed by atoms with Crippen LogP contribution >= 0.6 is 27.5 Å². The van der Waals surface area contributed by atoms with Crippen LogP contribution in [0.15, 0.2) is 22.7 Å². The molecule has 5 heteroatoms. The molecular formula is C12H13BrClN3. The third kappa shape index (κ3) is 2.12. The van der Waals surface area contributed by atoms with Crippen molar-refractivity contribution in [2.45, 2.75) is 20.4 Å². The van der Waals surface area contributed by atoms with Crippen LogP contribution in [0.3, 0.4) is 0 Å². The summed E-state index contributed by atoms with van der Waals surface area (Å²) in [6.45, 7) is 4.36. The molecule has 0 spiro atoms. The Kier molecular flexibility index (Phi) is 3.56. The zero-order chi connectivity index (χ0) is 12.6. The summed E-state index contributed by atoms with van der Waals surface area (Å²) in [6.07, 6.45) is 0. The molecule has 0 saturated heterocycles. The van der Waals surface area contributed by atoms with Gasteiger partial charge in [-0.15, -0.1) is 0 Å². The lowest BCUT2D eigenvalue weighted by molar-refractivity contribution is 0.817. The smallest absolute Gasteiger partial charge is 0.0743 e. The summed E-state index contributed by atoms with van der Waals surface area (Å²) in [4.78, 5) is 0. The third-order valence-electron chi connectivity index (χ3n) is 2.73. The van der Waals surface area contributed by atoms with Crippen LogP contribution in [0.5, 0.6) is 0 Å². The van der Waals surface area contributed by atoms with Gasteiger partial charge in [-0.25, -0.2) is 4.68 Å². The lowest BCUT2D eigenvalue weighted by Gasteiger charge is -2.11. The SMILES string of the molecule is Cc1nn(-c2cccc(Cl)c2CN)c(C)c1Br. The van der Waals surface area contributed by atoms with Crippen molar-refractivity contribution in [1.82, 2.24) is 9.78 Å². The summed E-state index contributed by atoms with van der Waals surface area (Å²) >= 11 is 9.66. The molecular weight excluding hydrogens is 302 g/mol. The minimum atomic E-state index is 0.394. The van der Waals surface area contributed by atoms with Crippen molar-refractivity contribution in [3.05, 3.63) is 44.6 Å². The van der Waals surface area contributed by atoms with Crippen molar-refractivity contribution in [2.24, 2.45) is 5.73 Å². The van der Waals surface area contributed by atoms with Gasteiger partial charge in [0.05, 0.1) is 21.5 Å². The molecule has 17 heavy (non-hydrogen) atoms. The molecule has 0 atom stereocenters. The normalized spacial score (nSPS) is 10.9. The Morgan fingerprint density at radius 2 is 2.12 bits per heavy atom. The maximum Gasteiger partial charge on any atom is 0.0743 e. The molecule has 0 fully saturated rings. The molecule has 2 rings (SSSR count). The van der Waals surface area contributed by atoms with Gasteiger partial charge in [0.2, 0.25) is 0 Å². The first kappa shape index (κ1) is 12.6. The Hall–Kier alpha value is -0.840. The highest BCUT2D eigenvalue weighted by Crippen LogP contribution is 2.27. The van der Waals surface area contributed by atoms with Crippen molar-refractivity contribution in [3.8, 4) is 5.69 Å². The molecule has 3 nitrogen and oxygen atoms in total. The molecule has 2 aromatic rings. The van der Waals surface area contributed by atoms with Crippen LogP contribution in [0.25, 0.3) is 5.69 Å².